The molecule has 0 aliphatic carbocycles. The fraction of sp³-hybridized carbons (Fsp3) is 0.647. The van der Waals surface area contributed by atoms with E-state index in [0.717, 1.165) is 30.9 Å². The summed E-state index contributed by atoms with van der Waals surface area (Å²) in [5.41, 5.74) is 1.15. The number of hydrogen-bond acceptors (Lipinski definition) is 3. The number of benzene rings is 1. The molecule has 1 rings (SSSR count). The van der Waals surface area contributed by atoms with E-state index >= 15 is 0 Å². The standard InChI is InChI=1S/C17H29NO2/c1-4-11-18-16(5-2)9-7-12-20-17-10-6-8-15(13-17)14-19-3/h6,8,10,13,16,18H,4-5,7,9,11-12,14H2,1-3H3. The second-order valence-electron chi connectivity index (χ2n) is 5.13. The van der Waals surface area contributed by atoms with Crippen LogP contribution in [-0.4, -0.2) is 26.3 Å². The molecule has 1 unspecified atom stereocenters. The van der Waals surface area contributed by atoms with Crippen molar-refractivity contribution in [2.24, 2.45) is 0 Å². The van der Waals surface area contributed by atoms with Crippen LogP contribution in [0.3, 0.4) is 0 Å². The summed E-state index contributed by atoms with van der Waals surface area (Å²) >= 11 is 0. The molecule has 0 aromatic heterocycles. The summed E-state index contributed by atoms with van der Waals surface area (Å²) in [7, 11) is 1.71. The molecular weight excluding hydrogens is 250 g/mol. The van der Waals surface area contributed by atoms with Gasteiger partial charge >= 0.3 is 0 Å². The molecule has 0 bridgehead atoms. The second kappa shape index (κ2) is 10.7. The van der Waals surface area contributed by atoms with Gasteiger partial charge in [0, 0.05) is 13.2 Å². The van der Waals surface area contributed by atoms with E-state index < -0.39 is 0 Å². The van der Waals surface area contributed by atoms with E-state index in [9.17, 15) is 0 Å². The first-order valence-corrected chi connectivity index (χ1v) is 7.74. The predicted molar refractivity (Wildman–Crippen MR) is 84.3 cm³/mol. The van der Waals surface area contributed by atoms with E-state index in [-0.39, 0.29) is 0 Å². The number of nitrogens with one attached hydrogen (secondary N) is 1. The Morgan fingerprint density at radius 3 is 2.80 bits per heavy atom. The van der Waals surface area contributed by atoms with E-state index in [4.69, 9.17) is 9.47 Å². The summed E-state index contributed by atoms with van der Waals surface area (Å²) in [4.78, 5) is 0. The lowest BCUT2D eigenvalue weighted by atomic mass is 10.1. The van der Waals surface area contributed by atoms with Crippen LogP contribution >= 0.6 is 0 Å². The molecule has 1 atom stereocenters. The van der Waals surface area contributed by atoms with Crippen LogP contribution in [0.1, 0.15) is 45.1 Å². The fourth-order valence-electron chi connectivity index (χ4n) is 2.21. The first-order valence-electron chi connectivity index (χ1n) is 7.74. The Hall–Kier alpha value is -1.06. The molecule has 0 fully saturated rings. The van der Waals surface area contributed by atoms with Crippen molar-refractivity contribution in [2.75, 3.05) is 20.3 Å². The summed E-state index contributed by atoms with van der Waals surface area (Å²) in [6.07, 6.45) is 4.64. The molecule has 0 saturated carbocycles. The Kier molecular flexibility index (Phi) is 9.09. The van der Waals surface area contributed by atoms with Gasteiger partial charge in [-0.2, -0.15) is 0 Å². The van der Waals surface area contributed by atoms with Crippen LogP contribution in [0, 0.1) is 0 Å². The van der Waals surface area contributed by atoms with Crippen molar-refractivity contribution in [1.29, 1.82) is 0 Å². The maximum absolute atomic E-state index is 5.81. The zero-order valence-corrected chi connectivity index (χ0v) is 13.2. The van der Waals surface area contributed by atoms with Crippen LogP contribution in [0.2, 0.25) is 0 Å². The van der Waals surface area contributed by atoms with Gasteiger partial charge in [-0.1, -0.05) is 26.0 Å². The van der Waals surface area contributed by atoms with Crippen LogP contribution in [-0.2, 0) is 11.3 Å². The van der Waals surface area contributed by atoms with Crippen molar-refractivity contribution in [2.45, 2.75) is 52.2 Å². The zero-order valence-electron chi connectivity index (χ0n) is 13.2. The minimum Gasteiger partial charge on any atom is -0.494 e. The van der Waals surface area contributed by atoms with Crippen LogP contribution < -0.4 is 10.1 Å². The van der Waals surface area contributed by atoms with Gasteiger partial charge in [-0.15, -0.1) is 0 Å². The molecule has 1 N–H and O–H groups in total. The monoisotopic (exact) mass is 279 g/mol. The van der Waals surface area contributed by atoms with Crippen LogP contribution in [0.25, 0.3) is 0 Å². The molecule has 3 heteroatoms. The highest BCUT2D eigenvalue weighted by Crippen LogP contribution is 2.14. The molecule has 1 aromatic rings. The third-order valence-electron chi connectivity index (χ3n) is 3.35. The number of hydrogen-bond donors (Lipinski definition) is 1. The number of methoxy groups -OCH3 is 1. The lowest BCUT2D eigenvalue weighted by molar-refractivity contribution is 0.184. The summed E-state index contributed by atoms with van der Waals surface area (Å²) in [5.74, 6) is 0.939. The average Bonchev–Trinajstić information content (AvgIpc) is 2.47. The average molecular weight is 279 g/mol. The lowest BCUT2D eigenvalue weighted by Crippen LogP contribution is -2.29. The van der Waals surface area contributed by atoms with Crippen molar-refractivity contribution in [1.82, 2.24) is 5.32 Å². The fourth-order valence-corrected chi connectivity index (χ4v) is 2.21. The third kappa shape index (κ3) is 6.92. The van der Waals surface area contributed by atoms with Crippen molar-refractivity contribution in [3.8, 4) is 5.75 Å². The van der Waals surface area contributed by atoms with E-state index in [1.54, 1.807) is 7.11 Å². The van der Waals surface area contributed by atoms with E-state index in [0.29, 0.717) is 12.6 Å². The van der Waals surface area contributed by atoms with Gasteiger partial charge in [0.05, 0.1) is 13.2 Å². The third-order valence-corrected chi connectivity index (χ3v) is 3.35. The lowest BCUT2D eigenvalue weighted by Gasteiger charge is -2.16. The first-order chi connectivity index (χ1) is 9.80. The van der Waals surface area contributed by atoms with Gasteiger partial charge in [0.2, 0.25) is 0 Å². The van der Waals surface area contributed by atoms with Gasteiger partial charge in [-0.3, -0.25) is 0 Å². The molecular formula is C17H29NO2. The summed E-state index contributed by atoms with van der Waals surface area (Å²) < 4.78 is 10.9. The number of rotatable bonds is 11. The van der Waals surface area contributed by atoms with Crippen molar-refractivity contribution in [3.05, 3.63) is 29.8 Å². The molecule has 20 heavy (non-hydrogen) atoms. The SMILES string of the molecule is CCCNC(CC)CCCOc1cccc(COC)c1. The molecule has 0 spiro atoms. The Bertz CT molecular complexity index is 355. The first kappa shape index (κ1) is 17.0. The topological polar surface area (TPSA) is 30.5 Å². The van der Waals surface area contributed by atoms with Crippen LogP contribution in [0.15, 0.2) is 24.3 Å². The summed E-state index contributed by atoms with van der Waals surface area (Å²) in [6, 6.07) is 8.75. The quantitative estimate of drug-likeness (QED) is 0.625. The minimum atomic E-state index is 0.623. The smallest absolute Gasteiger partial charge is 0.119 e. The van der Waals surface area contributed by atoms with E-state index in [2.05, 4.69) is 31.3 Å². The van der Waals surface area contributed by atoms with Crippen molar-refractivity contribution >= 4 is 0 Å². The minimum absolute atomic E-state index is 0.623. The Labute approximate surface area is 123 Å². The Morgan fingerprint density at radius 2 is 2.10 bits per heavy atom. The Morgan fingerprint density at radius 1 is 1.25 bits per heavy atom. The molecule has 0 radical (unpaired) electrons. The number of ether oxygens (including phenoxy) is 2. The zero-order chi connectivity index (χ0) is 14.6. The van der Waals surface area contributed by atoms with Gasteiger partial charge in [0.25, 0.3) is 0 Å². The second-order valence-corrected chi connectivity index (χ2v) is 5.13. The highest BCUT2D eigenvalue weighted by Gasteiger charge is 2.04. The maximum Gasteiger partial charge on any atom is 0.119 e. The van der Waals surface area contributed by atoms with E-state index in [1.165, 1.54) is 19.3 Å². The summed E-state index contributed by atoms with van der Waals surface area (Å²) in [6.45, 7) is 6.97. The molecule has 0 aliphatic heterocycles. The van der Waals surface area contributed by atoms with Gasteiger partial charge in [0.1, 0.15) is 5.75 Å². The summed E-state index contributed by atoms with van der Waals surface area (Å²) in [5, 5.41) is 3.57. The Balaban J connectivity index is 2.24. The molecule has 0 saturated heterocycles. The van der Waals surface area contributed by atoms with Crippen molar-refractivity contribution in [3.63, 3.8) is 0 Å². The highest BCUT2D eigenvalue weighted by atomic mass is 16.5. The largest absolute Gasteiger partial charge is 0.494 e. The predicted octanol–water partition coefficient (Wildman–Crippen LogP) is 3.77. The normalized spacial score (nSPS) is 12.3. The molecule has 0 aliphatic rings. The van der Waals surface area contributed by atoms with Crippen LogP contribution in [0.4, 0.5) is 0 Å². The van der Waals surface area contributed by atoms with Gasteiger partial charge < -0.3 is 14.8 Å². The van der Waals surface area contributed by atoms with Crippen LogP contribution in [0.5, 0.6) is 5.75 Å². The molecule has 0 heterocycles. The van der Waals surface area contributed by atoms with Gasteiger partial charge in [-0.05, 0) is 49.9 Å². The maximum atomic E-state index is 5.81. The molecule has 0 amide bonds. The van der Waals surface area contributed by atoms with Crippen molar-refractivity contribution < 1.29 is 9.47 Å². The van der Waals surface area contributed by atoms with Gasteiger partial charge in [0.15, 0.2) is 0 Å². The van der Waals surface area contributed by atoms with E-state index in [1.807, 2.05) is 12.1 Å². The highest BCUT2D eigenvalue weighted by molar-refractivity contribution is 5.28. The molecule has 114 valence electrons. The molecule has 1 aromatic carbocycles. The molecule has 3 nitrogen and oxygen atoms in total. The van der Waals surface area contributed by atoms with Gasteiger partial charge in [-0.25, -0.2) is 0 Å².